The quantitative estimate of drug-likeness (QED) is 0.881. The molecule has 1 fully saturated rings. The minimum atomic E-state index is -0.407. The number of aromatic nitrogens is 3. The van der Waals surface area contributed by atoms with Crippen molar-refractivity contribution in [2.24, 2.45) is 5.92 Å². The van der Waals surface area contributed by atoms with E-state index < -0.39 is 5.97 Å². The Morgan fingerprint density at radius 1 is 1.55 bits per heavy atom. The van der Waals surface area contributed by atoms with E-state index in [1.165, 1.54) is 20.0 Å². The summed E-state index contributed by atoms with van der Waals surface area (Å²) >= 11 is 0. The van der Waals surface area contributed by atoms with Gasteiger partial charge in [-0.25, -0.2) is 9.78 Å². The molecule has 2 aromatic heterocycles. The molecule has 6 nitrogen and oxygen atoms in total. The Bertz CT molecular complexity index is 695. The average molecular weight is 302 g/mol. The van der Waals surface area contributed by atoms with Crippen LogP contribution in [-0.4, -0.2) is 46.2 Å². The number of methoxy groups -OCH3 is 1. The molecule has 0 radical (unpaired) electrons. The van der Waals surface area contributed by atoms with Crippen LogP contribution in [0.2, 0.25) is 0 Å². The summed E-state index contributed by atoms with van der Waals surface area (Å²) in [5, 5.41) is 7.28. The topological polar surface area (TPSA) is 71.1 Å². The van der Waals surface area contributed by atoms with E-state index in [0.29, 0.717) is 5.69 Å². The number of aromatic amines is 1. The maximum absolute atomic E-state index is 11.9. The molecule has 1 aliphatic heterocycles. The number of nitrogens with one attached hydrogen (secondary N) is 1. The Kier molecular flexibility index (Phi) is 4.11. The first kappa shape index (κ1) is 15.0. The van der Waals surface area contributed by atoms with Gasteiger partial charge in [-0.3, -0.25) is 10.00 Å². The van der Waals surface area contributed by atoms with E-state index >= 15 is 0 Å². The first-order chi connectivity index (χ1) is 10.6. The Balaban J connectivity index is 1.97. The number of likely N-dealkylation sites (tertiary alicyclic amines) is 1. The minimum absolute atomic E-state index is 0.347. The van der Waals surface area contributed by atoms with Gasteiger partial charge in [0.15, 0.2) is 0 Å². The highest BCUT2D eigenvalue weighted by molar-refractivity contribution is 5.92. The number of carbonyl (C=O) groups is 1. The van der Waals surface area contributed by atoms with Crippen LogP contribution in [0.25, 0.3) is 11.0 Å². The van der Waals surface area contributed by atoms with Crippen LogP contribution in [0.3, 0.4) is 0 Å². The van der Waals surface area contributed by atoms with Gasteiger partial charge in [0.2, 0.25) is 0 Å². The van der Waals surface area contributed by atoms with Gasteiger partial charge in [-0.2, -0.15) is 5.10 Å². The first-order valence-electron chi connectivity index (χ1n) is 7.73. The highest BCUT2D eigenvalue weighted by Crippen LogP contribution is 2.23. The van der Waals surface area contributed by atoms with Crippen molar-refractivity contribution in [3.63, 3.8) is 0 Å². The third-order valence-electron chi connectivity index (χ3n) is 4.31. The van der Waals surface area contributed by atoms with E-state index in [9.17, 15) is 4.79 Å². The predicted octanol–water partition coefficient (Wildman–Crippen LogP) is 2.28. The van der Waals surface area contributed by atoms with Crippen molar-refractivity contribution >= 4 is 17.0 Å². The lowest BCUT2D eigenvalue weighted by Gasteiger charge is -2.30. The minimum Gasteiger partial charge on any atom is -0.464 e. The summed E-state index contributed by atoms with van der Waals surface area (Å²) in [5.41, 5.74) is 3.88. The predicted molar refractivity (Wildman–Crippen MR) is 83.6 cm³/mol. The van der Waals surface area contributed by atoms with Gasteiger partial charge in [-0.15, -0.1) is 0 Å². The Labute approximate surface area is 129 Å². The highest BCUT2D eigenvalue weighted by atomic mass is 16.5. The lowest BCUT2D eigenvalue weighted by atomic mass is 9.99. The fraction of sp³-hybridized carbons (Fsp3) is 0.562. The molecule has 1 atom stereocenters. The van der Waals surface area contributed by atoms with E-state index in [1.54, 1.807) is 0 Å². The molecule has 0 aliphatic carbocycles. The van der Waals surface area contributed by atoms with E-state index in [0.717, 1.165) is 47.8 Å². The Hall–Kier alpha value is -1.95. The second kappa shape index (κ2) is 6.04. The van der Waals surface area contributed by atoms with Gasteiger partial charge in [0, 0.05) is 13.1 Å². The van der Waals surface area contributed by atoms with Gasteiger partial charge in [0.25, 0.3) is 0 Å². The first-order valence-corrected chi connectivity index (χ1v) is 7.73. The third-order valence-corrected chi connectivity index (χ3v) is 4.31. The van der Waals surface area contributed by atoms with Crippen LogP contribution in [0.15, 0.2) is 6.07 Å². The van der Waals surface area contributed by atoms with Crippen molar-refractivity contribution in [1.29, 1.82) is 0 Å². The number of aryl methyl sites for hydroxylation is 1. The monoisotopic (exact) mass is 302 g/mol. The molecule has 22 heavy (non-hydrogen) atoms. The SMILES string of the molecule is COC(=O)c1cc(CN2CCC[C@H](C)C2)c2[nH]nc(C)c2n1. The van der Waals surface area contributed by atoms with Crippen LogP contribution in [0.4, 0.5) is 0 Å². The number of rotatable bonds is 3. The molecular weight excluding hydrogens is 280 g/mol. The van der Waals surface area contributed by atoms with Gasteiger partial charge in [0.05, 0.1) is 18.3 Å². The van der Waals surface area contributed by atoms with E-state index in [2.05, 4.69) is 27.0 Å². The summed E-state index contributed by atoms with van der Waals surface area (Å²) in [4.78, 5) is 18.7. The summed E-state index contributed by atoms with van der Waals surface area (Å²) in [7, 11) is 1.38. The highest BCUT2D eigenvalue weighted by Gasteiger charge is 2.20. The van der Waals surface area contributed by atoms with Crippen molar-refractivity contribution < 1.29 is 9.53 Å². The molecule has 2 aromatic rings. The molecule has 0 unspecified atom stereocenters. The van der Waals surface area contributed by atoms with Crippen molar-refractivity contribution in [2.75, 3.05) is 20.2 Å². The summed E-state index contributed by atoms with van der Waals surface area (Å²) < 4.78 is 4.82. The van der Waals surface area contributed by atoms with Crippen LogP contribution in [0, 0.1) is 12.8 Å². The van der Waals surface area contributed by atoms with E-state index in [-0.39, 0.29) is 0 Å². The van der Waals surface area contributed by atoms with Gasteiger partial charge >= 0.3 is 5.97 Å². The lowest BCUT2D eigenvalue weighted by Crippen LogP contribution is -2.33. The molecular formula is C16H22N4O2. The number of piperidine rings is 1. The summed E-state index contributed by atoms with van der Waals surface area (Å²) in [5.74, 6) is 0.311. The Morgan fingerprint density at radius 2 is 2.36 bits per heavy atom. The molecule has 1 saturated heterocycles. The zero-order valence-corrected chi connectivity index (χ0v) is 13.3. The number of esters is 1. The molecule has 3 rings (SSSR count). The number of pyridine rings is 1. The van der Waals surface area contributed by atoms with E-state index in [1.807, 2.05) is 13.0 Å². The Morgan fingerprint density at radius 3 is 3.09 bits per heavy atom. The summed E-state index contributed by atoms with van der Waals surface area (Å²) in [6.07, 6.45) is 2.51. The largest absolute Gasteiger partial charge is 0.464 e. The zero-order chi connectivity index (χ0) is 15.7. The zero-order valence-electron chi connectivity index (χ0n) is 13.3. The maximum atomic E-state index is 11.9. The van der Waals surface area contributed by atoms with Gasteiger partial charge in [-0.1, -0.05) is 6.92 Å². The maximum Gasteiger partial charge on any atom is 0.356 e. The van der Waals surface area contributed by atoms with Crippen molar-refractivity contribution in [3.8, 4) is 0 Å². The normalized spacial score (nSPS) is 19.5. The number of carbonyl (C=O) groups excluding carboxylic acids is 1. The second-order valence-corrected chi connectivity index (χ2v) is 6.17. The summed E-state index contributed by atoms with van der Waals surface area (Å²) in [6.45, 7) is 7.16. The molecule has 6 heteroatoms. The van der Waals surface area contributed by atoms with Crippen molar-refractivity contribution in [2.45, 2.75) is 33.2 Å². The molecule has 0 aromatic carbocycles. The molecule has 1 aliphatic rings. The summed E-state index contributed by atoms with van der Waals surface area (Å²) in [6, 6.07) is 1.82. The fourth-order valence-electron chi connectivity index (χ4n) is 3.18. The van der Waals surface area contributed by atoms with Gasteiger partial charge < -0.3 is 4.74 Å². The number of nitrogens with zero attached hydrogens (tertiary/aromatic N) is 3. The van der Waals surface area contributed by atoms with Crippen LogP contribution in [0.5, 0.6) is 0 Å². The second-order valence-electron chi connectivity index (χ2n) is 6.17. The standard InChI is InChI=1S/C16H22N4O2/c1-10-5-4-6-20(8-10)9-12-7-13(16(21)22-3)17-14-11(2)18-19-15(12)14/h7,10H,4-6,8-9H2,1-3H3,(H,18,19)/t10-/m0/s1. The van der Waals surface area contributed by atoms with Crippen LogP contribution < -0.4 is 0 Å². The molecule has 1 N–H and O–H groups in total. The van der Waals surface area contributed by atoms with Gasteiger partial charge in [-0.05, 0) is 43.9 Å². The number of ether oxygens (including phenoxy) is 1. The van der Waals surface area contributed by atoms with Crippen LogP contribution in [0.1, 0.15) is 41.5 Å². The molecule has 0 amide bonds. The van der Waals surface area contributed by atoms with Crippen LogP contribution >= 0.6 is 0 Å². The number of hydrogen-bond acceptors (Lipinski definition) is 5. The molecule has 118 valence electrons. The fourth-order valence-corrected chi connectivity index (χ4v) is 3.18. The number of H-pyrrole nitrogens is 1. The van der Waals surface area contributed by atoms with Crippen LogP contribution in [-0.2, 0) is 11.3 Å². The molecule has 0 bridgehead atoms. The molecule has 0 saturated carbocycles. The molecule has 3 heterocycles. The average Bonchev–Trinajstić information content (AvgIpc) is 2.88. The van der Waals surface area contributed by atoms with Crippen molar-refractivity contribution in [1.82, 2.24) is 20.1 Å². The van der Waals surface area contributed by atoms with E-state index in [4.69, 9.17) is 4.74 Å². The third kappa shape index (κ3) is 2.83. The van der Waals surface area contributed by atoms with Gasteiger partial charge in [0.1, 0.15) is 11.2 Å². The number of fused-ring (bicyclic) bond motifs is 1. The smallest absolute Gasteiger partial charge is 0.356 e. The number of hydrogen-bond donors (Lipinski definition) is 1. The van der Waals surface area contributed by atoms with Crippen molar-refractivity contribution in [3.05, 3.63) is 23.0 Å². The molecule has 0 spiro atoms. The lowest BCUT2D eigenvalue weighted by molar-refractivity contribution is 0.0594.